The standard InChI is InChI=1S/C14H19NO2S/c1-17-10-14(16,7-3-8-15)12-5-2-4-11-6-9-18-13(11)12/h2,4-6,9,16H,3,7-8,10,15H2,1H3. The van der Waals surface area contributed by atoms with Gasteiger partial charge in [0.15, 0.2) is 0 Å². The van der Waals surface area contributed by atoms with Crippen molar-refractivity contribution in [1.82, 2.24) is 0 Å². The lowest BCUT2D eigenvalue weighted by Crippen LogP contribution is -2.32. The molecule has 18 heavy (non-hydrogen) atoms. The second kappa shape index (κ2) is 5.80. The fraction of sp³-hybridized carbons (Fsp3) is 0.429. The molecule has 3 nitrogen and oxygen atoms in total. The maximum absolute atomic E-state index is 10.9. The summed E-state index contributed by atoms with van der Waals surface area (Å²) in [5, 5.41) is 14.1. The number of rotatable bonds is 6. The summed E-state index contributed by atoms with van der Waals surface area (Å²) in [6.45, 7) is 0.871. The Morgan fingerprint density at radius 3 is 2.94 bits per heavy atom. The minimum absolute atomic E-state index is 0.296. The molecule has 0 fully saturated rings. The molecular weight excluding hydrogens is 246 g/mol. The van der Waals surface area contributed by atoms with Gasteiger partial charge in [-0.05, 0) is 36.2 Å². The molecule has 2 rings (SSSR count). The second-order valence-corrected chi connectivity index (χ2v) is 5.42. The highest BCUT2D eigenvalue weighted by molar-refractivity contribution is 7.17. The first kappa shape index (κ1) is 13.5. The van der Waals surface area contributed by atoms with E-state index in [1.165, 1.54) is 5.39 Å². The van der Waals surface area contributed by atoms with Crippen molar-refractivity contribution in [2.45, 2.75) is 18.4 Å². The molecule has 1 unspecified atom stereocenters. The first-order valence-corrected chi connectivity index (χ1v) is 6.97. The van der Waals surface area contributed by atoms with Crippen molar-refractivity contribution >= 4 is 21.4 Å². The maximum Gasteiger partial charge on any atom is 0.114 e. The summed E-state index contributed by atoms with van der Waals surface area (Å²) in [6.07, 6.45) is 1.40. The normalized spacial score (nSPS) is 14.8. The van der Waals surface area contributed by atoms with Crippen LogP contribution >= 0.6 is 11.3 Å². The molecule has 1 atom stereocenters. The van der Waals surface area contributed by atoms with Crippen LogP contribution in [0.1, 0.15) is 18.4 Å². The molecule has 3 N–H and O–H groups in total. The van der Waals surface area contributed by atoms with Gasteiger partial charge in [-0.15, -0.1) is 11.3 Å². The summed E-state index contributed by atoms with van der Waals surface area (Å²) >= 11 is 1.65. The van der Waals surface area contributed by atoms with E-state index in [2.05, 4.69) is 12.1 Å². The molecule has 1 heterocycles. The van der Waals surface area contributed by atoms with E-state index in [0.717, 1.165) is 16.7 Å². The van der Waals surface area contributed by atoms with Crippen LogP contribution in [0.2, 0.25) is 0 Å². The first-order valence-electron chi connectivity index (χ1n) is 6.09. The van der Waals surface area contributed by atoms with Crippen LogP contribution in [-0.2, 0) is 10.3 Å². The number of fused-ring (bicyclic) bond motifs is 1. The van der Waals surface area contributed by atoms with Crippen molar-refractivity contribution in [3.05, 3.63) is 35.2 Å². The van der Waals surface area contributed by atoms with Gasteiger partial charge in [0.1, 0.15) is 5.60 Å². The number of nitrogens with two attached hydrogens (primary N) is 1. The number of aliphatic hydroxyl groups is 1. The Kier molecular flexibility index (Phi) is 4.35. The van der Waals surface area contributed by atoms with Crippen LogP contribution in [0.15, 0.2) is 29.6 Å². The third kappa shape index (κ3) is 2.57. The fourth-order valence-corrected chi connectivity index (χ4v) is 3.29. The lowest BCUT2D eigenvalue weighted by molar-refractivity contribution is -0.0417. The van der Waals surface area contributed by atoms with Gasteiger partial charge in [-0.2, -0.15) is 0 Å². The van der Waals surface area contributed by atoms with Crippen LogP contribution in [0.5, 0.6) is 0 Å². The molecule has 1 aromatic carbocycles. The predicted molar refractivity (Wildman–Crippen MR) is 75.9 cm³/mol. The van der Waals surface area contributed by atoms with Crippen LogP contribution in [0, 0.1) is 0 Å². The Labute approximate surface area is 111 Å². The largest absolute Gasteiger partial charge is 0.383 e. The highest BCUT2D eigenvalue weighted by Crippen LogP contribution is 2.35. The summed E-state index contributed by atoms with van der Waals surface area (Å²) in [5.74, 6) is 0. The molecule has 2 aromatic rings. The van der Waals surface area contributed by atoms with Crippen LogP contribution in [-0.4, -0.2) is 25.4 Å². The first-order chi connectivity index (χ1) is 8.71. The van der Waals surface area contributed by atoms with Gasteiger partial charge in [-0.3, -0.25) is 0 Å². The third-order valence-corrected chi connectivity index (χ3v) is 4.12. The molecule has 0 radical (unpaired) electrons. The van der Waals surface area contributed by atoms with Crippen LogP contribution in [0.25, 0.3) is 10.1 Å². The van der Waals surface area contributed by atoms with Crippen molar-refractivity contribution < 1.29 is 9.84 Å². The van der Waals surface area contributed by atoms with Crippen LogP contribution in [0.4, 0.5) is 0 Å². The summed E-state index contributed by atoms with van der Waals surface area (Å²) in [5.41, 5.74) is 5.56. The number of ether oxygens (including phenoxy) is 1. The average Bonchev–Trinajstić information content (AvgIpc) is 2.84. The minimum atomic E-state index is -0.946. The molecule has 0 saturated heterocycles. The van der Waals surface area contributed by atoms with E-state index in [9.17, 15) is 5.11 Å². The van der Waals surface area contributed by atoms with Crippen molar-refractivity contribution in [3.63, 3.8) is 0 Å². The van der Waals surface area contributed by atoms with E-state index in [-0.39, 0.29) is 0 Å². The van der Waals surface area contributed by atoms with Crippen molar-refractivity contribution in [1.29, 1.82) is 0 Å². The molecule has 0 aliphatic carbocycles. The Balaban J connectivity index is 2.43. The van der Waals surface area contributed by atoms with E-state index in [4.69, 9.17) is 10.5 Å². The third-order valence-electron chi connectivity index (χ3n) is 3.16. The minimum Gasteiger partial charge on any atom is -0.383 e. The van der Waals surface area contributed by atoms with Crippen molar-refractivity contribution in [2.24, 2.45) is 5.73 Å². The van der Waals surface area contributed by atoms with Gasteiger partial charge in [0, 0.05) is 17.4 Å². The second-order valence-electron chi connectivity index (χ2n) is 4.50. The highest BCUT2D eigenvalue weighted by atomic mass is 32.1. The molecule has 0 saturated carbocycles. The molecule has 0 amide bonds. The number of hydrogen-bond acceptors (Lipinski definition) is 4. The topological polar surface area (TPSA) is 55.5 Å². The fourth-order valence-electron chi connectivity index (χ4n) is 2.28. The van der Waals surface area contributed by atoms with Gasteiger partial charge in [-0.1, -0.05) is 18.2 Å². The number of hydrogen-bond donors (Lipinski definition) is 2. The van der Waals surface area contributed by atoms with Crippen LogP contribution < -0.4 is 5.73 Å². The molecule has 98 valence electrons. The van der Waals surface area contributed by atoms with Crippen LogP contribution in [0.3, 0.4) is 0 Å². The molecule has 0 bridgehead atoms. The molecule has 4 heteroatoms. The average molecular weight is 265 g/mol. The van der Waals surface area contributed by atoms with E-state index in [1.54, 1.807) is 18.4 Å². The molecule has 0 aliphatic heterocycles. The highest BCUT2D eigenvalue weighted by Gasteiger charge is 2.30. The zero-order chi connectivity index (χ0) is 13.0. The van der Waals surface area contributed by atoms with Crippen molar-refractivity contribution in [2.75, 3.05) is 20.3 Å². The van der Waals surface area contributed by atoms with E-state index in [1.807, 2.05) is 17.5 Å². The smallest absolute Gasteiger partial charge is 0.114 e. The van der Waals surface area contributed by atoms with Gasteiger partial charge < -0.3 is 15.6 Å². The molecular formula is C14H19NO2S. The summed E-state index contributed by atoms with van der Waals surface area (Å²) < 4.78 is 6.33. The molecule has 0 spiro atoms. The van der Waals surface area contributed by atoms with Gasteiger partial charge in [0.25, 0.3) is 0 Å². The zero-order valence-corrected chi connectivity index (χ0v) is 11.4. The summed E-state index contributed by atoms with van der Waals surface area (Å²) in [7, 11) is 1.61. The van der Waals surface area contributed by atoms with E-state index < -0.39 is 5.60 Å². The lowest BCUT2D eigenvalue weighted by atomic mass is 9.89. The Morgan fingerprint density at radius 1 is 1.39 bits per heavy atom. The Bertz CT molecular complexity index is 511. The Hall–Kier alpha value is -0.940. The van der Waals surface area contributed by atoms with Gasteiger partial charge in [-0.25, -0.2) is 0 Å². The lowest BCUT2D eigenvalue weighted by Gasteiger charge is -2.28. The summed E-state index contributed by atoms with van der Waals surface area (Å²) in [6, 6.07) is 8.09. The van der Waals surface area contributed by atoms with Gasteiger partial charge in [0.05, 0.1) is 6.61 Å². The predicted octanol–water partition coefficient (Wildman–Crippen LogP) is 2.47. The number of thiophene rings is 1. The van der Waals surface area contributed by atoms with Crippen molar-refractivity contribution in [3.8, 4) is 0 Å². The Morgan fingerprint density at radius 2 is 2.22 bits per heavy atom. The van der Waals surface area contributed by atoms with Gasteiger partial charge >= 0.3 is 0 Å². The van der Waals surface area contributed by atoms with E-state index >= 15 is 0 Å². The monoisotopic (exact) mass is 265 g/mol. The quantitative estimate of drug-likeness (QED) is 0.843. The molecule has 1 aromatic heterocycles. The summed E-state index contributed by atoms with van der Waals surface area (Å²) in [4.78, 5) is 0. The zero-order valence-electron chi connectivity index (χ0n) is 10.6. The van der Waals surface area contributed by atoms with E-state index in [0.29, 0.717) is 19.6 Å². The number of benzene rings is 1. The number of methoxy groups -OCH3 is 1. The SMILES string of the molecule is COCC(O)(CCCN)c1cccc2ccsc12. The van der Waals surface area contributed by atoms with Gasteiger partial charge in [0.2, 0.25) is 0 Å². The molecule has 0 aliphatic rings. The maximum atomic E-state index is 10.9.